The van der Waals surface area contributed by atoms with Crippen LogP contribution in [0.1, 0.15) is 265 Å². The van der Waals surface area contributed by atoms with Gasteiger partial charge < -0.3 is 14.2 Å². The molecule has 0 N–H and O–H groups in total. The van der Waals surface area contributed by atoms with Gasteiger partial charge in [0, 0.05) is 19.3 Å². The molecule has 0 fully saturated rings. The molecule has 6 heteroatoms. The molecular weight excluding hydrogens is 781 g/mol. The first-order valence-corrected chi connectivity index (χ1v) is 26.8. The molecule has 0 radical (unpaired) electrons. The van der Waals surface area contributed by atoms with Crippen molar-refractivity contribution < 1.29 is 28.6 Å². The summed E-state index contributed by atoms with van der Waals surface area (Å²) in [5.41, 5.74) is 0. The highest BCUT2D eigenvalue weighted by molar-refractivity contribution is 5.71. The van der Waals surface area contributed by atoms with E-state index in [1.165, 1.54) is 141 Å². The van der Waals surface area contributed by atoms with E-state index >= 15 is 0 Å². The third-order valence-electron chi connectivity index (χ3n) is 11.5. The number of carbonyl (C=O) groups is 3. The van der Waals surface area contributed by atoms with Crippen molar-refractivity contribution in [1.29, 1.82) is 0 Å². The van der Waals surface area contributed by atoms with E-state index in [0.717, 1.165) is 83.5 Å². The normalized spacial score (nSPS) is 12.5. The third kappa shape index (κ3) is 50.0. The molecule has 364 valence electrons. The third-order valence-corrected chi connectivity index (χ3v) is 11.5. The van der Waals surface area contributed by atoms with Crippen LogP contribution in [0.2, 0.25) is 0 Å². The Labute approximate surface area is 390 Å². The molecule has 1 atom stereocenters. The summed E-state index contributed by atoms with van der Waals surface area (Å²) in [7, 11) is 0. The fourth-order valence-corrected chi connectivity index (χ4v) is 7.42. The maximum Gasteiger partial charge on any atom is 0.306 e. The van der Waals surface area contributed by atoms with E-state index in [9.17, 15) is 14.4 Å². The van der Waals surface area contributed by atoms with Gasteiger partial charge in [0.2, 0.25) is 0 Å². The first-order chi connectivity index (χ1) is 31.0. The second-order valence-electron chi connectivity index (χ2n) is 17.8. The predicted molar refractivity (Wildman–Crippen MR) is 270 cm³/mol. The van der Waals surface area contributed by atoms with Crippen LogP contribution >= 0.6 is 0 Å². The van der Waals surface area contributed by atoms with Gasteiger partial charge >= 0.3 is 17.9 Å². The van der Waals surface area contributed by atoms with Crippen LogP contribution in [0.25, 0.3) is 0 Å². The fourth-order valence-electron chi connectivity index (χ4n) is 7.42. The largest absolute Gasteiger partial charge is 0.462 e. The lowest BCUT2D eigenvalue weighted by atomic mass is 10.1. The summed E-state index contributed by atoms with van der Waals surface area (Å²) < 4.78 is 16.7. The fraction of sp³-hybridized carbons (Fsp3) is 0.772. The maximum absolute atomic E-state index is 12.8. The van der Waals surface area contributed by atoms with Gasteiger partial charge in [-0.2, -0.15) is 0 Å². The molecule has 6 nitrogen and oxygen atoms in total. The number of unbranched alkanes of at least 4 members (excludes halogenated alkanes) is 27. The van der Waals surface area contributed by atoms with Crippen molar-refractivity contribution in [2.24, 2.45) is 0 Å². The van der Waals surface area contributed by atoms with E-state index in [0.29, 0.717) is 19.3 Å². The van der Waals surface area contributed by atoms with Gasteiger partial charge in [0.1, 0.15) is 13.2 Å². The number of ether oxygens (including phenoxy) is 3. The Bertz CT molecular complexity index is 1150. The number of esters is 3. The maximum atomic E-state index is 12.8. The average Bonchev–Trinajstić information content (AvgIpc) is 3.28. The average molecular weight is 881 g/mol. The molecule has 0 saturated heterocycles. The Morgan fingerprint density at radius 1 is 0.317 bits per heavy atom. The molecule has 0 aromatic heterocycles. The number of hydrogen-bond acceptors (Lipinski definition) is 6. The van der Waals surface area contributed by atoms with Crippen molar-refractivity contribution in [3.63, 3.8) is 0 Å². The molecule has 63 heavy (non-hydrogen) atoms. The highest BCUT2D eigenvalue weighted by Crippen LogP contribution is 2.15. The Hall–Kier alpha value is -2.89. The molecule has 0 amide bonds. The Kier molecular flexibility index (Phi) is 49.4. The van der Waals surface area contributed by atoms with Crippen LogP contribution in [-0.2, 0) is 28.6 Å². The minimum Gasteiger partial charge on any atom is -0.462 e. The lowest BCUT2D eigenvalue weighted by Crippen LogP contribution is -2.30. The van der Waals surface area contributed by atoms with E-state index < -0.39 is 6.10 Å². The van der Waals surface area contributed by atoms with Crippen LogP contribution < -0.4 is 0 Å². The minimum absolute atomic E-state index is 0.0794. The SMILES string of the molecule is CCCCC/C=C\C/C=C\C/C=C\CCCCCCCCC(=O)OCC(COC(=O)CCCCCCCCC)OC(=O)CCCCCCCCCCC/C=C\C/C=C\CCCCC. The van der Waals surface area contributed by atoms with Crippen LogP contribution in [0.5, 0.6) is 0 Å². The smallest absolute Gasteiger partial charge is 0.306 e. The molecule has 0 aromatic carbocycles. The Morgan fingerprint density at radius 3 is 0.921 bits per heavy atom. The van der Waals surface area contributed by atoms with E-state index in [2.05, 4.69) is 81.5 Å². The monoisotopic (exact) mass is 881 g/mol. The molecule has 1 unspecified atom stereocenters. The molecule has 0 aromatic rings. The first kappa shape index (κ1) is 60.1. The molecule has 0 aliphatic heterocycles. The van der Waals surface area contributed by atoms with Crippen molar-refractivity contribution in [1.82, 2.24) is 0 Å². The topological polar surface area (TPSA) is 78.9 Å². The Morgan fingerprint density at radius 2 is 0.571 bits per heavy atom. The van der Waals surface area contributed by atoms with Crippen LogP contribution in [0.3, 0.4) is 0 Å². The molecular formula is C57H100O6. The number of allylic oxidation sites excluding steroid dienone is 10. The second kappa shape index (κ2) is 51.7. The zero-order valence-electron chi connectivity index (χ0n) is 41.6. The first-order valence-electron chi connectivity index (χ1n) is 26.8. The number of rotatable bonds is 48. The van der Waals surface area contributed by atoms with Gasteiger partial charge in [-0.05, 0) is 89.9 Å². The zero-order chi connectivity index (χ0) is 45.8. The molecule has 0 heterocycles. The summed E-state index contributed by atoms with van der Waals surface area (Å²) in [6, 6.07) is 0. The Balaban J connectivity index is 4.26. The molecule has 0 aliphatic carbocycles. The van der Waals surface area contributed by atoms with Crippen LogP contribution in [0, 0.1) is 0 Å². The van der Waals surface area contributed by atoms with Gasteiger partial charge in [-0.3, -0.25) is 14.4 Å². The summed E-state index contributed by atoms with van der Waals surface area (Å²) in [6.07, 6.45) is 63.6. The summed E-state index contributed by atoms with van der Waals surface area (Å²) in [5.74, 6) is -0.898. The van der Waals surface area contributed by atoms with Gasteiger partial charge in [-0.25, -0.2) is 0 Å². The minimum atomic E-state index is -0.778. The van der Waals surface area contributed by atoms with Gasteiger partial charge in [-0.15, -0.1) is 0 Å². The van der Waals surface area contributed by atoms with Gasteiger partial charge in [-0.1, -0.05) is 216 Å². The van der Waals surface area contributed by atoms with Crippen molar-refractivity contribution in [3.8, 4) is 0 Å². The molecule has 0 saturated carbocycles. The molecule has 0 spiro atoms. The standard InChI is InChI=1S/C57H100O6/c1-4-7-10-13-16-18-20-22-24-26-28-30-32-34-36-38-41-44-47-50-56(59)62-53-54(52-61-55(58)49-46-43-40-15-12-9-6-3)63-57(60)51-48-45-42-39-37-35-33-31-29-27-25-23-21-19-17-14-11-8-5-2/h16-19,22-25,28,30,54H,4-15,20-21,26-27,29,31-53H2,1-3H3/b18-16-,19-17-,24-22-,25-23-,30-28-. The van der Waals surface area contributed by atoms with Crippen LogP contribution in [0.4, 0.5) is 0 Å². The van der Waals surface area contributed by atoms with E-state index in [1.54, 1.807) is 0 Å². The highest BCUT2D eigenvalue weighted by atomic mass is 16.6. The van der Waals surface area contributed by atoms with Crippen molar-refractivity contribution in [2.45, 2.75) is 271 Å². The summed E-state index contributed by atoms with van der Waals surface area (Å²) in [5, 5.41) is 0. The molecule has 0 bridgehead atoms. The number of carbonyl (C=O) groups excluding carboxylic acids is 3. The zero-order valence-corrected chi connectivity index (χ0v) is 41.6. The lowest BCUT2D eigenvalue weighted by Gasteiger charge is -2.18. The van der Waals surface area contributed by atoms with Crippen molar-refractivity contribution in [2.75, 3.05) is 13.2 Å². The van der Waals surface area contributed by atoms with Gasteiger partial charge in [0.25, 0.3) is 0 Å². The summed E-state index contributed by atoms with van der Waals surface area (Å²) >= 11 is 0. The van der Waals surface area contributed by atoms with Gasteiger partial charge in [0.15, 0.2) is 6.10 Å². The summed E-state index contributed by atoms with van der Waals surface area (Å²) in [6.45, 7) is 6.54. The quantitative estimate of drug-likeness (QED) is 0.0262. The molecule has 0 rings (SSSR count). The van der Waals surface area contributed by atoms with Crippen LogP contribution in [0.15, 0.2) is 60.8 Å². The van der Waals surface area contributed by atoms with E-state index in [4.69, 9.17) is 14.2 Å². The summed E-state index contributed by atoms with van der Waals surface area (Å²) in [4.78, 5) is 37.9. The molecule has 0 aliphatic rings. The van der Waals surface area contributed by atoms with E-state index in [1.807, 2.05) is 0 Å². The van der Waals surface area contributed by atoms with Gasteiger partial charge in [0.05, 0.1) is 0 Å². The van der Waals surface area contributed by atoms with Crippen molar-refractivity contribution >= 4 is 17.9 Å². The van der Waals surface area contributed by atoms with E-state index in [-0.39, 0.29) is 31.1 Å². The second-order valence-corrected chi connectivity index (χ2v) is 17.8. The number of hydrogen-bond donors (Lipinski definition) is 0. The highest BCUT2D eigenvalue weighted by Gasteiger charge is 2.19. The van der Waals surface area contributed by atoms with Crippen molar-refractivity contribution in [3.05, 3.63) is 60.8 Å². The van der Waals surface area contributed by atoms with Crippen LogP contribution in [-0.4, -0.2) is 37.2 Å². The predicted octanol–water partition coefficient (Wildman–Crippen LogP) is 17.6. The lowest BCUT2D eigenvalue weighted by molar-refractivity contribution is -0.167.